The fourth-order valence-corrected chi connectivity index (χ4v) is 8.55. The molecular weight excluding hydrogens is 653 g/mol. The molecule has 2 heteroatoms. The Morgan fingerprint density at radius 3 is 1.33 bits per heavy atom. The molecule has 2 nitrogen and oxygen atoms in total. The van der Waals surface area contributed by atoms with E-state index in [1.807, 2.05) is 0 Å². The van der Waals surface area contributed by atoms with Crippen LogP contribution in [0.3, 0.4) is 0 Å². The van der Waals surface area contributed by atoms with Gasteiger partial charge in [0.15, 0.2) is 0 Å². The van der Waals surface area contributed by atoms with E-state index in [1.165, 1.54) is 93.8 Å². The summed E-state index contributed by atoms with van der Waals surface area (Å²) < 4.78 is 2.41. The van der Waals surface area contributed by atoms with Gasteiger partial charge in [0.1, 0.15) is 0 Å². The van der Waals surface area contributed by atoms with E-state index in [9.17, 15) is 0 Å². The first-order valence-electron chi connectivity index (χ1n) is 19.2. The van der Waals surface area contributed by atoms with Crippen LogP contribution in [0.4, 0.5) is 17.1 Å². The number of benzene rings is 8. The summed E-state index contributed by atoms with van der Waals surface area (Å²) in [5, 5.41) is 7.61. The highest BCUT2D eigenvalue weighted by Gasteiger charge is 2.25. The number of hydrogen-bond donors (Lipinski definition) is 0. The molecule has 262 valence electrons. The molecule has 1 aliphatic carbocycles. The molecule has 0 saturated heterocycles. The van der Waals surface area contributed by atoms with Crippen molar-refractivity contribution in [2.24, 2.45) is 0 Å². The summed E-state index contributed by atoms with van der Waals surface area (Å²) >= 11 is 0. The summed E-state index contributed by atoms with van der Waals surface area (Å²) in [4.78, 5) is 2.43. The molecule has 1 aliphatic rings. The molecule has 9 aromatic rings. The molecule has 0 spiro atoms. The predicted octanol–water partition coefficient (Wildman–Crippen LogP) is 14.8. The van der Waals surface area contributed by atoms with Gasteiger partial charge in [0.25, 0.3) is 0 Å². The molecule has 1 aromatic heterocycles. The van der Waals surface area contributed by atoms with E-state index >= 15 is 0 Å². The van der Waals surface area contributed by atoms with E-state index < -0.39 is 0 Å². The highest BCUT2D eigenvalue weighted by atomic mass is 15.1. The lowest BCUT2D eigenvalue weighted by Crippen LogP contribution is -2.16. The average molecular weight is 697 g/mol. The van der Waals surface area contributed by atoms with Crippen LogP contribution in [0.1, 0.15) is 52.7 Å². The van der Waals surface area contributed by atoms with Gasteiger partial charge in [-0.05, 0) is 151 Å². The van der Waals surface area contributed by atoms with Crippen LogP contribution in [0.15, 0.2) is 158 Å². The Morgan fingerprint density at radius 1 is 0.370 bits per heavy atom. The first kappa shape index (κ1) is 32.5. The maximum Gasteiger partial charge on any atom is 0.0541 e. The Hall–Kier alpha value is -6.12. The smallest absolute Gasteiger partial charge is 0.0541 e. The van der Waals surface area contributed by atoms with E-state index in [4.69, 9.17) is 0 Å². The van der Waals surface area contributed by atoms with Crippen molar-refractivity contribution in [1.29, 1.82) is 0 Å². The summed E-state index contributed by atoms with van der Waals surface area (Å²) in [7, 11) is 0. The van der Waals surface area contributed by atoms with Gasteiger partial charge in [0, 0.05) is 33.5 Å². The van der Waals surface area contributed by atoms with Crippen LogP contribution in [-0.2, 0) is 10.8 Å². The van der Waals surface area contributed by atoms with Gasteiger partial charge in [-0.25, -0.2) is 0 Å². The third-order valence-electron chi connectivity index (χ3n) is 11.5. The van der Waals surface area contributed by atoms with Gasteiger partial charge >= 0.3 is 0 Å². The van der Waals surface area contributed by atoms with Crippen molar-refractivity contribution >= 4 is 60.4 Å². The third-order valence-corrected chi connectivity index (χ3v) is 11.5. The Bertz CT molecular complexity index is 2850. The molecular formula is C52H44N2. The maximum absolute atomic E-state index is 2.43. The van der Waals surface area contributed by atoms with Crippen LogP contribution in [0.5, 0.6) is 0 Å². The first-order valence-corrected chi connectivity index (χ1v) is 19.2. The van der Waals surface area contributed by atoms with Crippen LogP contribution >= 0.6 is 0 Å². The van der Waals surface area contributed by atoms with Gasteiger partial charge in [-0.15, -0.1) is 0 Å². The standard InChI is InChI=1S/C52H44N2/c1-51(2,3)37-13-11-15-39(31-37)53(40-16-12-14-38(32-40)52(4,5)6)41-23-21-33-27-45-47(29-35(33)25-41)46-28-34-22-24-42(26-36(34)30-48(45)46)54-49-19-9-7-17-43(49)44-18-8-10-20-50(44)54/h7-32H,1-6H3. The Morgan fingerprint density at radius 2 is 0.815 bits per heavy atom. The summed E-state index contributed by atoms with van der Waals surface area (Å²) in [6, 6.07) is 59.1. The van der Waals surface area contributed by atoms with Crippen molar-refractivity contribution in [2.75, 3.05) is 4.90 Å². The number of hydrogen-bond acceptors (Lipinski definition) is 1. The Labute approximate surface area is 317 Å². The van der Waals surface area contributed by atoms with Gasteiger partial charge in [0.2, 0.25) is 0 Å². The molecule has 0 saturated carbocycles. The highest BCUT2D eigenvalue weighted by molar-refractivity contribution is 6.13. The second-order valence-electron chi connectivity index (χ2n) is 17.2. The average Bonchev–Trinajstić information content (AvgIpc) is 3.50. The molecule has 0 bridgehead atoms. The van der Waals surface area contributed by atoms with Gasteiger partial charge in [0.05, 0.1) is 11.0 Å². The molecule has 54 heavy (non-hydrogen) atoms. The number of anilines is 3. The van der Waals surface area contributed by atoms with Crippen molar-refractivity contribution < 1.29 is 0 Å². The summed E-state index contributed by atoms with van der Waals surface area (Å²) in [6.07, 6.45) is 0. The topological polar surface area (TPSA) is 8.17 Å². The van der Waals surface area contributed by atoms with Crippen molar-refractivity contribution in [1.82, 2.24) is 4.57 Å². The van der Waals surface area contributed by atoms with E-state index in [1.54, 1.807) is 0 Å². The number of fused-ring (bicyclic) bond motifs is 9. The van der Waals surface area contributed by atoms with Crippen molar-refractivity contribution in [3.8, 4) is 27.9 Å². The lowest BCUT2D eigenvalue weighted by molar-refractivity contribution is 0.590. The maximum atomic E-state index is 2.43. The van der Waals surface area contributed by atoms with Crippen LogP contribution in [-0.4, -0.2) is 4.57 Å². The molecule has 0 amide bonds. The highest BCUT2D eigenvalue weighted by Crippen LogP contribution is 2.51. The molecule has 0 atom stereocenters. The molecule has 0 radical (unpaired) electrons. The number of para-hydroxylation sites is 2. The molecule has 8 aromatic carbocycles. The minimum absolute atomic E-state index is 0.0464. The van der Waals surface area contributed by atoms with E-state index in [0.717, 1.165) is 5.69 Å². The summed E-state index contributed by atoms with van der Waals surface area (Å²) in [6.45, 7) is 13.7. The van der Waals surface area contributed by atoms with E-state index in [0.29, 0.717) is 0 Å². The number of nitrogens with zero attached hydrogens (tertiary/aromatic N) is 2. The minimum Gasteiger partial charge on any atom is -0.310 e. The monoisotopic (exact) mass is 696 g/mol. The first-order chi connectivity index (χ1) is 26.0. The second kappa shape index (κ2) is 11.7. The SMILES string of the molecule is CC(C)(C)c1cccc(N(c2cccc(C(C)(C)C)c2)c2ccc3cc4c(cc3c2)-c2cc3ccc(-n5c6ccccc6c6ccccc65)cc3cc2-4)c1. The largest absolute Gasteiger partial charge is 0.310 e. The van der Waals surface area contributed by atoms with Gasteiger partial charge < -0.3 is 9.47 Å². The third kappa shape index (κ3) is 5.16. The molecule has 0 aliphatic heterocycles. The minimum atomic E-state index is 0.0464. The zero-order valence-corrected chi connectivity index (χ0v) is 31.9. The zero-order chi connectivity index (χ0) is 36.9. The van der Waals surface area contributed by atoms with E-state index in [-0.39, 0.29) is 10.8 Å². The normalized spacial score (nSPS) is 12.6. The second-order valence-corrected chi connectivity index (χ2v) is 17.2. The van der Waals surface area contributed by atoms with E-state index in [2.05, 4.69) is 209 Å². The lowest BCUT2D eigenvalue weighted by atomic mass is 9.78. The van der Waals surface area contributed by atoms with Crippen molar-refractivity contribution in [2.45, 2.75) is 52.4 Å². The Balaban J connectivity index is 1.07. The quantitative estimate of drug-likeness (QED) is 0.178. The molecule has 1 heterocycles. The fraction of sp³-hybridized carbons (Fsp3) is 0.154. The Kier molecular flexibility index (Phi) is 7.04. The lowest BCUT2D eigenvalue weighted by Gasteiger charge is -2.30. The molecule has 0 fully saturated rings. The van der Waals surface area contributed by atoms with Crippen LogP contribution in [0.2, 0.25) is 0 Å². The zero-order valence-electron chi connectivity index (χ0n) is 31.9. The van der Waals surface area contributed by atoms with Crippen LogP contribution in [0, 0.1) is 0 Å². The number of aromatic nitrogens is 1. The van der Waals surface area contributed by atoms with Gasteiger partial charge in [-0.3, -0.25) is 0 Å². The fourth-order valence-electron chi connectivity index (χ4n) is 8.55. The van der Waals surface area contributed by atoms with Gasteiger partial charge in [-0.2, -0.15) is 0 Å². The molecule has 0 N–H and O–H groups in total. The molecule has 10 rings (SSSR count). The van der Waals surface area contributed by atoms with Gasteiger partial charge in [-0.1, -0.05) is 114 Å². The number of rotatable bonds is 4. The molecule has 0 unspecified atom stereocenters. The van der Waals surface area contributed by atoms with Crippen molar-refractivity contribution in [3.63, 3.8) is 0 Å². The summed E-state index contributed by atoms with van der Waals surface area (Å²) in [5.74, 6) is 0. The van der Waals surface area contributed by atoms with Crippen LogP contribution < -0.4 is 4.90 Å². The summed E-state index contributed by atoms with van der Waals surface area (Å²) in [5.41, 5.74) is 15.3. The van der Waals surface area contributed by atoms with Crippen molar-refractivity contribution in [3.05, 3.63) is 169 Å². The van der Waals surface area contributed by atoms with Crippen LogP contribution in [0.25, 0.3) is 71.3 Å². The predicted molar refractivity (Wildman–Crippen MR) is 232 cm³/mol.